The SMILES string of the molecule is CC(C)(C)Nc1cc(-c2ccccc2)nc(Nc2ccc(Cl)cc2)n1. The Morgan fingerprint density at radius 1 is 0.880 bits per heavy atom. The molecule has 128 valence electrons. The largest absolute Gasteiger partial charge is 0.365 e. The lowest BCUT2D eigenvalue weighted by Gasteiger charge is -2.22. The molecule has 0 radical (unpaired) electrons. The number of hydrogen-bond acceptors (Lipinski definition) is 4. The number of nitrogens with zero attached hydrogens (tertiary/aromatic N) is 2. The van der Waals surface area contributed by atoms with E-state index >= 15 is 0 Å². The monoisotopic (exact) mass is 352 g/mol. The summed E-state index contributed by atoms with van der Waals surface area (Å²) in [6.07, 6.45) is 0. The van der Waals surface area contributed by atoms with Gasteiger partial charge in [0.15, 0.2) is 0 Å². The summed E-state index contributed by atoms with van der Waals surface area (Å²) < 4.78 is 0. The molecule has 25 heavy (non-hydrogen) atoms. The molecular weight excluding hydrogens is 332 g/mol. The second-order valence-electron chi connectivity index (χ2n) is 6.83. The van der Waals surface area contributed by atoms with Crippen molar-refractivity contribution in [2.75, 3.05) is 10.6 Å². The van der Waals surface area contributed by atoms with Crippen molar-refractivity contribution in [1.29, 1.82) is 0 Å². The molecule has 0 saturated carbocycles. The summed E-state index contributed by atoms with van der Waals surface area (Å²) in [6.45, 7) is 6.30. The Kier molecular flexibility index (Phi) is 4.91. The highest BCUT2D eigenvalue weighted by molar-refractivity contribution is 6.30. The second-order valence-corrected chi connectivity index (χ2v) is 7.27. The fourth-order valence-electron chi connectivity index (χ4n) is 2.37. The molecule has 0 fully saturated rings. The Balaban J connectivity index is 1.98. The van der Waals surface area contributed by atoms with Crippen LogP contribution in [0.15, 0.2) is 60.7 Å². The lowest BCUT2D eigenvalue weighted by Crippen LogP contribution is -2.26. The molecule has 0 aliphatic carbocycles. The average Bonchev–Trinajstić information content (AvgIpc) is 2.56. The maximum atomic E-state index is 5.95. The maximum absolute atomic E-state index is 5.95. The minimum absolute atomic E-state index is 0.0974. The maximum Gasteiger partial charge on any atom is 0.229 e. The molecule has 0 aliphatic heterocycles. The van der Waals surface area contributed by atoms with Gasteiger partial charge in [0, 0.05) is 27.9 Å². The summed E-state index contributed by atoms with van der Waals surface area (Å²) in [5.41, 5.74) is 2.69. The molecule has 0 saturated heterocycles. The molecule has 0 aliphatic rings. The van der Waals surface area contributed by atoms with Crippen LogP contribution in [0.25, 0.3) is 11.3 Å². The van der Waals surface area contributed by atoms with Crippen molar-refractivity contribution < 1.29 is 0 Å². The Hall–Kier alpha value is -2.59. The fraction of sp³-hybridized carbons (Fsp3) is 0.200. The van der Waals surface area contributed by atoms with Crippen molar-refractivity contribution in [3.05, 3.63) is 65.7 Å². The van der Waals surface area contributed by atoms with Crippen LogP contribution in [-0.4, -0.2) is 15.5 Å². The molecule has 0 amide bonds. The number of aromatic nitrogens is 2. The highest BCUT2D eigenvalue weighted by atomic mass is 35.5. The van der Waals surface area contributed by atoms with E-state index in [0.29, 0.717) is 11.0 Å². The van der Waals surface area contributed by atoms with Gasteiger partial charge in [0.25, 0.3) is 0 Å². The molecular formula is C20H21ClN4. The van der Waals surface area contributed by atoms with Gasteiger partial charge in [-0.3, -0.25) is 0 Å². The Labute approximate surface area is 153 Å². The average molecular weight is 353 g/mol. The van der Waals surface area contributed by atoms with Gasteiger partial charge in [-0.1, -0.05) is 41.9 Å². The van der Waals surface area contributed by atoms with Crippen molar-refractivity contribution in [3.8, 4) is 11.3 Å². The predicted molar refractivity (Wildman–Crippen MR) is 106 cm³/mol. The van der Waals surface area contributed by atoms with Crippen molar-refractivity contribution in [2.24, 2.45) is 0 Å². The molecule has 0 unspecified atom stereocenters. The zero-order valence-corrected chi connectivity index (χ0v) is 15.3. The molecule has 3 rings (SSSR count). The number of halogens is 1. The van der Waals surface area contributed by atoms with Crippen LogP contribution in [-0.2, 0) is 0 Å². The van der Waals surface area contributed by atoms with E-state index < -0.39 is 0 Å². The topological polar surface area (TPSA) is 49.8 Å². The number of benzene rings is 2. The second kappa shape index (κ2) is 7.11. The van der Waals surface area contributed by atoms with Gasteiger partial charge in [0.2, 0.25) is 5.95 Å². The normalized spacial score (nSPS) is 11.2. The molecule has 0 bridgehead atoms. The molecule has 1 heterocycles. The summed E-state index contributed by atoms with van der Waals surface area (Å²) in [4.78, 5) is 9.25. The van der Waals surface area contributed by atoms with Gasteiger partial charge in [-0.15, -0.1) is 0 Å². The Morgan fingerprint density at radius 3 is 2.20 bits per heavy atom. The van der Waals surface area contributed by atoms with E-state index in [4.69, 9.17) is 11.6 Å². The highest BCUT2D eigenvalue weighted by Crippen LogP contribution is 2.25. The smallest absolute Gasteiger partial charge is 0.229 e. The lowest BCUT2D eigenvalue weighted by molar-refractivity contribution is 0.630. The molecule has 0 spiro atoms. The third-order valence-corrected chi connectivity index (χ3v) is 3.65. The van der Waals surface area contributed by atoms with Gasteiger partial charge >= 0.3 is 0 Å². The van der Waals surface area contributed by atoms with Crippen molar-refractivity contribution in [3.63, 3.8) is 0 Å². The zero-order chi connectivity index (χ0) is 17.9. The molecule has 0 atom stereocenters. The van der Waals surface area contributed by atoms with Crippen LogP contribution in [0.2, 0.25) is 5.02 Å². The summed E-state index contributed by atoms with van der Waals surface area (Å²) in [5.74, 6) is 1.31. The number of nitrogens with one attached hydrogen (secondary N) is 2. The minimum atomic E-state index is -0.0974. The van der Waals surface area contributed by atoms with E-state index in [1.807, 2.05) is 60.7 Å². The van der Waals surface area contributed by atoms with Crippen LogP contribution in [0.5, 0.6) is 0 Å². The zero-order valence-electron chi connectivity index (χ0n) is 14.5. The van der Waals surface area contributed by atoms with E-state index in [0.717, 1.165) is 22.8 Å². The first-order chi connectivity index (χ1) is 11.9. The van der Waals surface area contributed by atoms with Crippen LogP contribution in [0.3, 0.4) is 0 Å². The van der Waals surface area contributed by atoms with Crippen molar-refractivity contribution >= 4 is 29.1 Å². The Bertz CT molecular complexity index is 840. The van der Waals surface area contributed by atoms with Crippen LogP contribution < -0.4 is 10.6 Å². The van der Waals surface area contributed by atoms with Gasteiger partial charge in [0.1, 0.15) is 5.82 Å². The molecule has 1 aromatic heterocycles. The molecule has 2 aromatic carbocycles. The molecule has 3 aromatic rings. The number of anilines is 3. The third-order valence-electron chi connectivity index (χ3n) is 3.40. The van der Waals surface area contributed by atoms with Crippen LogP contribution in [0.4, 0.5) is 17.5 Å². The van der Waals surface area contributed by atoms with Crippen LogP contribution in [0, 0.1) is 0 Å². The van der Waals surface area contributed by atoms with E-state index in [-0.39, 0.29) is 5.54 Å². The summed E-state index contributed by atoms with van der Waals surface area (Å²) in [6, 6.07) is 19.5. The summed E-state index contributed by atoms with van der Waals surface area (Å²) in [5, 5.41) is 7.36. The van der Waals surface area contributed by atoms with E-state index in [1.165, 1.54) is 0 Å². The first-order valence-corrected chi connectivity index (χ1v) is 8.52. The van der Waals surface area contributed by atoms with Gasteiger partial charge in [-0.25, -0.2) is 4.98 Å². The highest BCUT2D eigenvalue weighted by Gasteiger charge is 2.13. The van der Waals surface area contributed by atoms with Crippen LogP contribution >= 0.6 is 11.6 Å². The van der Waals surface area contributed by atoms with E-state index in [2.05, 4.69) is 41.4 Å². The summed E-state index contributed by atoms with van der Waals surface area (Å²) in [7, 11) is 0. The fourth-order valence-corrected chi connectivity index (χ4v) is 2.50. The predicted octanol–water partition coefficient (Wildman–Crippen LogP) is 5.75. The number of hydrogen-bond donors (Lipinski definition) is 2. The van der Waals surface area contributed by atoms with Crippen molar-refractivity contribution in [1.82, 2.24) is 9.97 Å². The molecule has 4 nitrogen and oxygen atoms in total. The van der Waals surface area contributed by atoms with E-state index in [9.17, 15) is 0 Å². The van der Waals surface area contributed by atoms with Crippen LogP contribution in [0.1, 0.15) is 20.8 Å². The molecule has 5 heteroatoms. The third kappa shape index (κ3) is 4.94. The van der Waals surface area contributed by atoms with E-state index in [1.54, 1.807) is 0 Å². The van der Waals surface area contributed by atoms with Gasteiger partial charge < -0.3 is 10.6 Å². The molecule has 2 N–H and O–H groups in total. The van der Waals surface area contributed by atoms with Gasteiger partial charge in [0.05, 0.1) is 5.69 Å². The van der Waals surface area contributed by atoms with Gasteiger partial charge in [-0.2, -0.15) is 4.98 Å². The first-order valence-electron chi connectivity index (χ1n) is 8.14. The van der Waals surface area contributed by atoms with Crippen molar-refractivity contribution in [2.45, 2.75) is 26.3 Å². The number of rotatable bonds is 4. The van der Waals surface area contributed by atoms with Gasteiger partial charge in [-0.05, 0) is 45.0 Å². The standard InChI is InChI=1S/C20H21ClN4/c1-20(2,3)25-18-13-17(14-7-5-4-6-8-14)23-19(24-18)22-16-11-9-15(21)10-12-16/h4-13H,1-3H3,(H2,22,23,24,25). The first kappa shape index (κ1) is 17.2. The quantitative estimate of drug-likeness (QED) is 0.627. The lowest BCUT2D eigenvalue weighted by atomic mass is 10.1. The Morgan fingerprint density at radius 2 is 1.56 bits per heavy atom. The minimum Gasteiger partial charge on any atom is -0.365 e. The summed E-state index contributed by atoms with van der Waals surface area (Å²) >= 11 is 5.95.